The van der Waals surface area contributed by atoms with E-state index in [1.165, 1.54) is 4.90 Å². The lowest BCUT2D eigenvalue weighted by atomic mass is 10.4. The zero-order chi connectivity index (χ0) is 8.97. The Morgan fingerprint density at radius 1 is 1.83 bits per heavy atom. The van der Waals surface area contributed by atoms with Crippen molar-refractivity contribution in [3.8, 4) is 0 Å². The summed E-state index contributed by atoms with van der Waals surface area (Å²) in [5, 5.41) is 0. The minimum Gasteiger partial charge on any atom is -0.443 e. The number of amides is 1. The standard InChI is InChI=1S/C7H14N2O3/c1-2-11-5-9-4-6(3-8)12-7(9)10/h6H,2-5,8H2,1H3. The first kappa shape index (κ1) is 9.28. The van der Waals surface area contributed by atoms with E-state index in [1.807, 2.05) is 6.92 Å². The van der Waals surface area contributed by atoms with E-state index < -0.39 is 0 Å². The molecular weight excluding hydrogens is 160 g/mol. The first-order valence-electron chi connectivity index (χ1n) is 4.01. The molecule has 1 aliphatic heterocycles. The number of carbonyl (C=O) groups excluding carboxylic acids is 1. The molecule has 1 rings (SSSR count). The fourth-order valence-electron chi connectivity index (χ4n) is 1.00. The quantitative estimate of drug-likeness (QED) is 0.638. The van der Waals surface area contributed by atoms with E-state index in [-0.39, 0.29) is 12.2 Å². The summed E-state index contributed by atoms with van der Waals surface area (Å²) >= 11 is 0. The number of rotatable bonds is 4. The molecule has 1 amide bonds. The first-order chi connectivity index (χ1) is 5.77. The van der Waals surface area contributed by atoms with Gasteiger partial charge in [-0.3, -0.25) is 4.90 Å². The van der Waals surface area contributed by atoms with Crippen LogP contribution in [0.25, 0.3) is 0 Å². The molecule has 5 heteroatoms. The van der Waals surface area contributed by atoms with Crippen LogP contribution in [-0.4, -0.2) is 43.5 Å². The highest BCUT2D eigenvalue weighted by Crippen LogP contribution is 2.09. The molecule has 0 aromatic rings. The minimum absolute atomic E-state index is 0.169. The van der Waals surface area contributed by atoms with E-state index in [0.29, 0.717) is 26.4 Å². The Morgan fingerprint density at radius 3 is 3.08 bits per heavy atom. The van der Waals surface area contributed by atoms with Crippen LogP contribution >= 0.6 is 0 Å². The third kappa shape index (κ3) is 2.09. The number of ether oxygens (including phenoxy) is 2. The van der Waals surface area contributed by atoms with Gasteiger partial charge in [0.15, 0.2) is 0 Å². The number of carbonyl (C=O) groups is 1. The summed E-state index contributed by atoms with van der Waals surface area (Å²) in [7, 11) is 0. The van der Waals surface area contributed by atoms with Crippen molar-refractivity contribution in [2.75, 3.05) is 26.4 Å². The van der Waals surface area contributed by atoms with Gasteiger partial charge >= 0.3 is 6.09 Å². The highest BCUT2D eigenvalue weighted by Gasteiger charge is 2.29. The summed E-state index contributed by atoms with van der Waals surface area (Å²) in [5.41, 5.74) is 5.34. The largest absolute Gasteiger partial charge is 0.443 e. The van der Waals surface area contributed by atoms with E-state index in [0.717, 1.165) is 0 Å². The molecule has 1 aliphatic rings. The van der Waals surface area contributed by atoms with E-state index in [9.17, 15) is 4.79 Å². The van der Waals surface area contributed by atoms with Crippen LogP contribution < -0.4 is 5.73 Å². The molecule has 12 heavy (non-hydrogen) atoms. The lowest BCUT2D eigenvalue weighted by Crippen LogP contribution is -2.29. The Labute approximate surface area is 71.4 Å². The van der Waals surface area contributed by atoms with Gasteiger partial charge in [0.2, 0.25) is 0 Å². The number of hydrogen-bond donors (Lipinski definition) is 1. The molecule has 1 unspecified atom stereocenters. The molecule has 2 N–H and O–H groups in total. The van der Waals surface area contributed by atoms with Gasteiger partial charge in [0, 0.05) is 13.2 Å². The maximum atomic E-state index is 11.0. The number of nitrogens with zero attached hydrogens (tertiary/aromatic N) is 1. The van der Waals surface area contributed by atoms with Crippen LogP contribution in [0.15, 0.2) is 0 Å². The van der Waals surface area contributed by atoms with Crippen LogP contribution in [-0.2, 0) is 9.47 Å². The zero-order valence-corrected chi connectivity index (χ0v) is 7.16. The minimum atomic E-state index is -0.334. The summed E-state index contributed by atoms with van der Waals surface area (Å²) in [6.07, 6.45) is -0.503. The third-order valence-corrected chi connectivity index (χ3v) is 1.66. The Morgan fingerprint density at radius 2 is 2.58 bits per heavy atom. The Bertz CT molecular complexity index is 163. The highest BCUT2D eigenvalue weighted by atomic mass is 16.6. The van der Waals surface area contributed by atoms with Crippen LogP contribution in [0.2, 0.25) is 0 Å². The number of nitrogens with two attached hydrogens (primary N) is 1. The molecule has 0 bridgehead atoms. The van der Waals surface area contributed by atoms with Crippen LogP contribution in [0, 0.1) is 0 Å². The molecule has 5 nitrogen and oxygen atoms in total. The summed E-state index contributed by atoms with van der Waals surface area (Å²) in [4.78, 5) is 12.5. The average molecular weight is 174 g/mol. The van der Waals surface area contributed by atoms with Crippen LogP contribution in [0.4, 0.5) is 4.79 Å². The lowest BCUT2D eigenvalue weighted by molar-refractivity contribution is 0.0594. The van der Waals surface area contributed by atoms with Gasteiger partial charge in [-0.25, -0.2) is 4.79 Å². The molecule has 1 fully saturated rings. The maximum absolute atomic E-state index is 11.0. The summed E-state index contributed by atoms with van der Waals surface area (Å²) < 4.78 is 9.97. The predicted octanol–water partition coefficient (Wildman–Crippen LogP) is -0.240. The van der Waals surface area contributed by atoms with Crippen molar-refractivity contribution in [3.05, 3.63) is 0 Å². The van der Waals surface area contributed by atoms with Crippen molar-refractivity contribution in [2.24, 2.45) is 5.73 Å². The predicted molar refractivity (Wildman–Crippen MR) is 42.5 cm³/mol. The van der Waals surface area contributed by atoms with Gasteiger partial charge in [-0.1, -0.05) is 0 Å². The smallest absolute Gasteiger partial charge is 0.412 e. The van der Waals surface area contributed by atoms with Gasteiger partial charge in [-0.15, -0.1) is 0 Å². The summed E-state index contributed by atoms with van der Waals surface area (Å²) in [6, 6.07) is 0. The van der Waals surface area contributed by atoms with Crippen molar-refractivity contribution in [3.63, 3.8) is 0 Å². The zero-order valence-electron chi connectivity index (χ0n) is 7.16. The van der Waals surface area contributed by atoms with Crippen molar-refractivity contribution >= 4 is 6.09 Å². The fourth-order valence-corrected chi connectivity index (χ4v) is 1.00. The van der Waals surface area contributed by atoms with Gasteiger partial charge in [0.1, 0.15) is 12.8 Å². The molecule has 0 spiro atoms. The Hall–Kier alpha value is -0.810. The second kappa shape index (κ2) is 4.27. The Balaban J connectivity index is 2.31. The van der Waals surface area contributed by atoms with Gasteiger partial charge in [-0.2, -0.15) is 0 Å². The maximum Gasteiger partial charge on any atom is 0.412 e. The van der Waals surface area contributed by atoms with Gasteiger partial charge in [0.25, 0.3) is 0 Å². The van der Waals surface area contributed by atoms with E-state index in [4.69, 9.17) is 15.2 Å². The third-order valence-electron chi connectivity index (χ3n) is 1.66. The summed E-state index contributed by atoms with van der Waals surface area (Å²) in [6.45, 7) is 3.68. The van der Waals surface area contributed by atoms with E-state index in [1.54, 1.807) is 0 Å². The second-order valence-corrected chi connectivity index (χ2v) is 2.59. The fraction of sp³-hybridized carbons (Fsp3) is 0.857. The molecule has 0 radical (unpaired) electrons. The molecule has 1 saturated heterocycles. The van der Waals surface area contributed by atoms with Crippen molar-refractivity contribution in [1.29, 1.82) is 0 Å². The van der Waals surface area contributed by atoms with Gasteiger partial charge in [0.05, 0.1) is 6.54 Å². The van der Waals surface area contributed by atoms with Crippen LogP contribution in [0.5, 0.6) is 0 Å². The molecule has 1 heterocycles. The van der Waals surface area contributed by atoms with Crippen molar-refractivity contribution in [2.45, 2.75) is 13.0 Å². The molecule has 0 aromatic carbocycles. The molecule has 0 aromatic heterocycles. The van der Waals surface area contributed by atoms with E-state index in [2.05, 4.69) is 0 Å². The van der Waals surface area contributed by atoms with Crippen molar-refractivity contribution < 1.29 is 14.3 Å². The van der Waals surface area contributed by atoms with Crippen LogP contribution in [0.1, 0.15) is 6.92 Å². The average Bonchev–Trinajstić information content (AvgIpc) is 2.43. The van der Waals surface area contributed by atoms with Crippen LogP contribution in [0.3, 0.4) is 0 Å². The molecule has 1 atom stereocenters. The molecule has 0 aliphatic carbocycles. The number of cyclic esters (lactones) is 1. The summed E-state index contributed by atoms with van der Waals surface area (Å²) in [5.74, 6) is 0. The molecule has 70 valence electrons. The normalized spacial score (nSPS) is 23.0. The SMILES string of the molecule is CCOCN1CC(CN)OC1=O. The molecule has 0 saturated carbocycles. The monoisotopic (exact) mass is 174 g/mol. The second-order valence-electron chi connectivity index (χ2n) is 2.59. The van der Waals surface area contributed by atoms with E-state index >= 15 is 0 Å². The Kier molecular flexibility index (Phi) is 3.31. The number of hydrogen-bond acceptors (Lipinski definition) is 4. The van der Waals surface area contributed by atoms with Gasteiger partial charge < -0.3 is 15.2 Å². The lowest BCUT2D eigenvalue weighted by Gasteiger charge is -2.11. The highest BCUT2D eigenvalue weighted by molar-refractivity contribution is 5.69. The molecular formula is C7H14N2O3. The first-order valence-corrected chi connectivity index (χ1v) is 4.01. The van der Waals surface area contributed by atoms with Crippen molar-refractivity contribution in [1.82, 2.24) is 4.90 Å². The topological polar surface area (TPSA) is 64.8 Å². The van der Waals surface area contributed by atoms with Gasteiger partial charge in [-0.05, 0) is 6.92 Å².